The Morgan fingerprint density at radius 1 is 1.06 bits per heavy atom. The van der Waals surface area contributed by atoms with Crippen molar-refractivity contribution >= 4 is 7.82 Å². The second kappa shape index (κ2) is 7.63. The van der Waals surface area contributed by atoms with Crippen molar-refractivity contribution in [3.63, 3.8) is 0 Å². The first-order chi connectivity index (χ1) is 6.77. The van der Waals surface area contributed by atoms with Gasteiger partial charge in [-0.2, -0.15) is 26.3 Å². The SMILES string of the molecule is CCC(F)(F)C(F)(OP(=O)([O-])[O-])C(F)(F)F.[Na+].[Na+]. The Labute approximate surface area is 142 Å². The van der Waals surface area contributed by atoms with E-state index >= 15 is 0 Å². The molecule has 18 heavy (non-hydrogen) atoms. The number of rotatable bonds is 4. The van der Waals surface area contributed by atoms with Gasteiger partial charge in [-0.25, -0.2) is 0 Å². The molecule has 0 heterocycles. The van der Waals surface area contributed by atoms with Crippen LogP contribution in [0.2, 0.25) is 0 Å². The van der Waals surface area contributed by atoms with Gasteiger partial charge in [-0.05, 0) is 0 Å². The van der Waals surface area contributed by atoms with Crippen molar-refractivity contribution in [1.82, 2.24) is 0 Å². The third kappa shape index (κ3) is 5.99. The fraction of sp³-hybridized carbons (Fsp3) is 1.00. The average molecular weight is 320 g/mol. The normalized spacial score (nSPS) is 16.3. The number of phosphoric acid groups is 1. The monoisotopic (exact) mass is 320 g/mol. The molecular weight excluding hydrogens is 315 g/mol. The van der Waals surface area contributed by atoms with Gasteiger partial charge in [-0.15, -0.1) is 0 Å². The van der Waals surface area contributed by atoms with Crippen molar-refractivity contribution in [2.24, 2.45) is 0 Å². The smallest absolute Gasteiger partial charge is 0.790 e. The Bertz CT molecular complexity index is 307. The number of hydrogen-bond donors (Lipinski definition) is 0. The molecule has 0 aromatic carbocycles. The first-order valence-corrected chi connectivity index (χ1v) is 5.09. The van der Waals surface area contributed by atoms with Crippen molar-refractivity contribution in [3.05, 3.63) is 0 Å². The molecule has 0 rings (SSSR count). The van der Waals surface area contributed by atoms with Crippen LogP contribution < -0.4 is 68.9 Å². The van der Waals surface area contributed by atoms with Crippen LogP contribution in [0.4, 0.5) is 26.3 Å². The molecule has 0 aliphatic carbocycles. The zero-order chi connectivity index (χ0) is 13.4. The summed E-state index contributed by atoms with van der Waals surface area (Å²) < 4.78 is 86.1. The third-order valence-corrected chi connectivity index (χ3v) is 1.99. The molecule has 98 valence electrons. The van der Waals surface area contributed by atoms with Gasteiger partial charge in [-0.3, -0.25) is 0 Å². The van der Waals surface area contributed by atoms with Crippen molar-refractivity contribution in [2.45, 2.75) is 31.3 Å². The Hall–Kier alpha value is 1.69. The van der Waals surface area contributed by atoms with Crippen LogP contribution in [-0.2, 0) is 9.09 Å². The summed E-state index contributed by atoms with van der Waals surface area (Å²) in [5.41, 5.74) is 0. The minimum Gasteiger partial charge on any atom is -0.790 e. The molecule has 0 saturated heterocycles. The molecule has 0 N–H and O–H groups in total. The van der Waals surface area contributed by atoms with E-state index in [0.717, 1.165) is 0 Å². The molecule has 0 aromatic heterocycles. The molecular formula is C5H5F6Na2O4P. The fourth-order valence-electron chi connectivity index (χ4n) is 0.707. The Morgan fingerprint density at radius 2 is 1.39 bits per heavy atom. The first kappa shape index (κ1) is 24.7. The van der Waals surface area contributed by atoms with E-state index in [-0.39, 0.29) is 59.1 Å². The van der Waals surface area contributed by atoms with Gasteiger partial charge in [-0.1, -0.05) is 6.92 Å². The van der Waals surface area contributed by atoms with Crippen LogP contribution in [0, 0.1) is 0 Å². The fourth-order valence-corrected chi connectivity index (χ4v) is 1.25. The van der Waals surface area contributed by atoms with Crippen molar-refractivity contribution in [2.75, 3.05) is 0 Å². The van der Waals surface area contributed by atoms with E-state index in [1.165, 1.54) is 0 Å². The number of phosphoric ester groups is 1. The van der Waals surface area contributed by atoms with E-state index in [0.29, 0.717) is 6.92 Å². The van der Waals surface area contributed by atoms with Crippen LogP contribution in [0.3, 0.4) is 0 Å². The molecule has 0 fully saturated rings. The first-order valence-electron chi connectivity index (χ1n) is 3.63. The van der Waals surface area contributed by atoms with E-state index in [9.17, 15) is 40.7 Å². The minimum atomic E-state index is -6.57. The van der Waals surface area contributed by atoms with Crippen LogP contribution in [0.25, 0.3) is 0 Å². The zero-order valence-electron chi connectivity index (χ0n) is 9.56. The molecule has 4 nitrogen and oxygen atoms in total. The summed E-state index contributed by atoms with van der Waals surface area (Å²) in [7, 11) is -6.57. The van der Waals surface area contributed by atoms with Crippen LogP contribution >= 0.6 is 7.82 Å². The predicted octanol–water partition coefficient (Wildman–Crippen LogP) is -4.89. The van der Waals surface area contributed by atoms with E-state index in [2.05, 4.69) is 4.52 Å². The molecule has 13 heteroatoms. The zero-order valence-corrected chi connectivity index (χ0v) is 14.4. The van der Waals surface area contributed by atoms with Gasteiger partial charge in [0.25, 0.3) is 0 Å². The van der Waals surface area contributed by atoms with Crippen LogP contribution in [0.15, 0.2) is 0 Å². The summed E-state index contributed by atoms with van der Waals surface area (Å²) in [6.45, 7) is 0.462. The Balaban J connectivity index is -0.00000112. The van der Waals surface area contributed by atoms with Crippen LogP contribution in [-0.4, -0.2) is 18.0 Å². The van der Waals surface area contributed by atoms with Gasteiger partial charge >= 0.3 is 77.1 Å². The molecule has 0 aromatic rings. The summed E-state index contributed by atoms with van der Waals surface area (Å²) in [6.07, 6.45) is -8.07. The van der Waals surface area contributed by atoms with Crippen molar-refractivity contribution < 1.29 is 104 Å². The summed E-state index contributed by atoms with van der Waals surface area (Å²) in [5, 5.41) is 0. The maximum Gasteiger partial charge on any atom is 1.00 e. The summed E-state index contributed by atoms with van der Waals surface area (Å²) in [6, 6.07) is 0. The van der Waals surface area contributed by atoms with E-state index in [4.69, 9.17) is 0 Å². The second-order valence-corrected chi connectivity index (χ2v) is 3.77. The van der Waals surface area contributed by atoms with Crippen molar-refractivity contribution in [3.8, 4) is 0 Å². The largest absolute Gasteiger partial charge is 1.00 e. The van der Waals surface area contributed by atoms with E-state index < -0.39 is 32.2 Å². The van der Waals surface area contributed by atoms with Crippen molar-refractivity contribution in [1.29, 1.82) is 0 Å². The van der Waals surface area contributed by atoms with Crippen LogP contribution in [0.1, 0.15) is 13.3 Å². The standard InChI is InChI=1S/C5H7F6O4P.2Na/c1-2-3(6,7)4(8,5(9,10)11)15-16(12,13)14;;/h2H2,1H3,(H2,12,13,14);;/q;2*+1/p-2. The van der Waals surface area contributed by atoms with E-state index in [1.54, 1.807) is 0 Å². The van der Waals surface area contributed by atoms with Gasteiger partial charge in [0.15, 0.2) is 0 Å². The summed E-state index contributed by atoms with van der Waals surface area (Å²) >= 11 is 0. The molecule has 1 atom stereocenters. The van der Waals surface area contributed by atoms with Gasteiger partial charge in [0.2, 0.25) is 0 Å². The number of halogens is 6. The summed E-state index contributed by atoms with van der Waals surface area (Å²) in [5.74, 6) is -11.1. The van der Waals surface area contributed by atoms with Gasteiger partial charge in [0, 0.05) is 6.42 Å². The number of hydrogen-bond acceptors (Lipinski definition) is 4. The molecule has 0 spiro atoms. The Kier molecular flexibility index (Phi) is 10.5. The summed E-state index contributed by atoms with van der Waals surface area (Å²) in [4.78, 5) is 19.7. The quantitative estimate of drug-likeness (QED) is 0.296. The van der Waals surface area contributed by atoms with Crippen LogP contribution in [0.5, 0.6) is 0 Å². The third-order valence-electron chi connectivity index (χ3n) is 1.52. The topological polar surface area (TPSA) is 72.4 Å². The molecule has 0 aliphatic heterocycles. The Morgan fingerprint density at radius 3 is 1.56 bits per heavy atom. The number of alkyl halides is 6. The molecule has 0 bridgehead atoms. The maximum atomic E-state index is 12.9. The van der Waals surface area contributed by atoms with Gasteiger partial charge in [0.05, 0.1) is 7.82 Å². The maximum absolute atomic E-state index is 12.9. The van der Waals surface area contributed by atoms with E-state index in [1.807, 2.05) is 0 Å². The average Bonchev–Trinajstić information content (AvgIpc) is 1.98. The molecule has 0 radical (unpaired) electrons. The molecule has 1 unspecified atom stereocenters. The molecule has 0 saturated carbocycles. The van der Waals surface area contributed by atoms with Gasteiger partial charge in [0.1, 0.15) is 0 Å². The molecule has 0 amide bonds. The second-order valence-electron chi connectivity index (χ2n) is 2.69. The predicted molar refractivity (Wildman–Crippen MR) is 33.8 cm³/mol. The van der Waals surface area contributed by atoms with Gasteiger partial charge < -0.3 is 18.9 Å². The minimum absolute atomic E-state index is 0. The molecule has 0 aliphatic rings.